The second-order valence-electron chi connectivity index (χ2n) is 12.4. The predicted octanol–water partition coefficient (Wildman–Crippen LogP) is 7.00. The van der Waals surface area contributed by atoms with Crippen molar-refractivity contribution in [2.24, 2.45) is 5.92 Å². The van der Waals surface area contributed by atoms with Crippen LogP contribution in [0.5, 0.6) is 0 Å². The molecule has 2 amide bonds. The zero-order chi connectivity index (χ0) is 34.4. The number of anilines is 2. The molecule has 1 heterocycles. The van der Waals surface area contributed by atoms with Gasteiger partial charge in [0.15, 0.2) is 0 Å². The third-order valence-electron chi connectivity index (χ3n) is 9.04. The summed E-state index contributed by atoms with van der Waals surface area (Å²) in [4.78, 5) is 41.1. The maximum absolute atomic E-state index is 15.0. The van der Waals surface area contributed by atoms with Crippen LogP contribution in [-0.2, 0) is 27.1 Å². The van der Waals surface area contributed by atoms with Gasteiger partial charge >= 0.3 is 12.1 Å². The van der Waals surface area contributed by atoms with Gasteiger partial charge in [-0.25, -0.2) is 4.39 Å². The van der Waals surface area contributed by atoms with E-state index in [4.69, 9.17) is 4.74 Å². The van der Waals surface area contributed by atoms with Crippen molar-refractivity contribution in [1.82, 2.24) is 10.2 Å². The third-order valence-corrected chi connectivity index (χ3v) is 9.04. The Hall–Kier alpha value is -4.45. The van der Waals surface area contributed by atoms with Crippen molar-refractivity contribution in [3.05, 3.63) is 94.3 Å². The van der Waals surface area contributed by atoms with Crippen LogP contribution in [0, 0.1) is 18.7 Å². The zero-order valence-electron chi connectivity index (χ0n) is 27.0. The number of piperidine rings is 1. The fraction of sp³-hybridized carbons (Fsp3) is 0.417. The Labute approximate surface area is 277 Å². The van der Waals surface area contributed by atoms with E-state index in [1.807, 2.05) is 24.3 Å². The Balaban J connectivity index is 1.44. The molecule has 0 radical (unpaired) electrons. The SMILES string of the molecule is CNCC(=O)OCc1ccc(NC(=O)[C@H]2CCCN(C(=O)c3c(C)cccc3F)[C@H]2c2ccc(NC3CCCC3)cc2)cc1C(F)(F)F. The number of esters is 1. The minimum absolute atomic E-state index is 0.0797. The Morgan fingerprint density at radius 1 is 0.938 bits per heavy atom. The zero-order valence-corrected chi connectivity index (χ0v) is 27.0. The number of likely N-dealkylation sites (N-methyl/N-ethyl adjacent to an activating group) is 1. The Kier molecular flexibility index (Phi) is 11.0. The molecule has 2 aliphatic rings. The second kappa shape index (κ2) is 15.2. The van der Waals surface area contributed by atoms with Crippen molar-refractivity contribution in [3.8, 4) is 0 Å². The lowest BCUT2D eigenvalue weighted by Crippen LogP contribution is -2.46. The second-order valence-corrected chi connectivity index (χ2v) is 12.4. The highest BCUT2D eigenvalue weighted by Gasteiger charge is 2.41. The van der Waals surface area contributed by atoms with Gasteiger partial charge in [-0.15, -0.1) is 0 Å². The molecule has 0 spiro atoms. The van der Waals surface area contributed by atoms with Gasteiger partial charge in [0, 0.05) is 29.5 Å². The van der Waals surface area contributed by atoms with E-state index in [0.29, 0.717) is 30.0 Å². The summed E-state index contributed by atoms with van der Waals surface area (Å²) in [5, 5.41) is 8.74. The number of ether oxygens (including phenoxy) is 1. The molecular weight excluding hydrogens is 628 g/mol. The van der Waals surface area contributed by atoms with Crippen LogP contribution in [0.1, 0.15) is 77.2 Å². The molecule has 48 heavy (non-hydrogen) atoms. The topological polar surface area (TPSA) is 99.8 Å². The average molecular weight is 669 g/mol. The van der Waals surface area contributed by atoms with Gasteiger partial charge in [-0.1, -0.05) is 43.2 Å². The molecule has 3 aromatic rings. The van der Waals surface area contributed by atoms with Crippen LogP contribution in [0.4, 0.5) is 28.9 Å². The largest absolute Gasteiger partial charge is 0.460 e. The number of carbonyl (C=O) groups is 3. The molecule has 1 saturated carbocycles. The van der Waals surface area contributed by atoms with Gasteiger partial charge in [-0.2, -0.15) is 13.2 Å². The molecule has 3 N–H and O–H groups in total. The fourth-order valence-corrected chi connectivity index (χ4v) is 6.67. The Morgan fingerprint density at radius 3 is 2.31 bits per heavy atom. The minimum Gasteiger partial charge on any atom is -0.460 e. The first-order valence-electron chi connectivity index (χ1n) is 16.2. The molecule has 2 atom stereocenters. The number of amides is 2. The van der Waals surface area contributed by atoms with Gasteiger partial charge in [0.1, 0.15) is 12.4 Å². The van der Waals surface area contributed by atoms with Crippen molar-refractivity contribution >= 4 is 29.2 Å². The number of hydrogen-bond donors (Lipinski definition) is 3. The molecule has 1 aliphatic heterocycles. The number of benzene rings is 3. The predicted molar refractivity (Wildman–Crippen MR) is 174 cm³/mol. The van der Waals surface area contributed by atoms with E-state index in [9.17, 15) is 27.6 Å². The molecule has 0 bridgehead atoms. The van der Waals surface area contributed by atoms with Gasteiger partial charge in [-0.3, -0.25) is 14.4 Å². The molecule has 1 saturated heterocycles. The molecule has 3 aromatic carbocycles. The molecule has 5 rings (SSSR count). The van der Waals surface area contributed by atoms with E-state index in [2.05, 4.69) is 16.0 Å². The molecule has 8 nitrogen and oxygen atoms in total. The lowest BCUT2D eigenvalue weighted by molar-refractivity contribution is -0.146. The number of carbonyl (C=O) groups excluding carboxylic acids is 3. The maximum atomic E-state index is 15.0. The quantitative estimate of drug-likeness (QED) is 0.159. The number of nitrogens with one attached hydrogen (secondary N) is 3. The summed E-state index contributed by atoms with van der Waals surface area (Å²) in [6.45, 7) is 1.16. The molecule has 256 valence electrons. The van der Waals surface area contributed by atoms with Crippen LogP contribution in [0.2, 0.25) is 0 Å². The Morgan fingerprint density at radius 2 is 1.65 bits per heavy atom. The number of hydrogen-bond acceptors (Lipinski definition) is 6. The summed E-state index contributed by atoms with van der Waals surface area (Å²) in [5.74, 6) is -3.36. The van der Waals surface area contributed by atoms with Crippen LogP contribution in [0.15, 0.2) is 60.7 Å². The molecule has 0 aromatic heterocycles. The Bertz CT molecular complexity index is 1600. The van der Waals surface area contributed by atoms with E-state index < -0.39 is 53.9 Å². The molecule has 2 fully saturated rings. The number of rotatable bonds is 10. The maximum Gasteiger partial charge on any atom is 0.416 e. The van der Waals surface area contributed by atoms with Crippen LogP contribution < -0.4 is 16.0 Å². The van der Waals surface area contributed by atoms with Crippen molar-refractivity contribution < 1.29 is 36.7 Å². The van der Waals surface area contributed by atoms with E-state index in [0.717, 1.165) is 30.7 Å². The van der Waals surface area contributed by atoms with Gasteiger partial charge in [0.25, 0.3) is 5.91 Å². The van der Waals surface area contributed by atoms with Crippen LogP contribution in [-0.4, -0.2) is 48.9 Å². The molecular formula is C36H40F4N4O4. The summed E-state index contributed by atoms with van der Waals surface area (Å²) in [6.07, 6.45) is 0.486. The summed E-state index contributed by atoms with van der Waals surface area (Å²) in [5.41, 5.74) is 0.534. The van der Waals surface area contributed by atoms with Crippen molar-refractivity contribution in [2.45, 2.75) is 70.3 Å². The van der Waals surface area contributed by atoms with Crippen LogP contribution >= 0.6 is 0 Å². The lowest BCUT2D eigenvalue weighted by atomic mass is 9.83. The first kappa shape index (κ1) is 34.9. The third kappa shape index (κ3) is 8.15. The highest BCUT2D eigenvalue weighted by Crippen LogP contribution is 2.40. The van der Waals surface area contributed by atoms with Gasteiger partial charge in [0.05, 0.1) is 29.6 Å². The van der Waals surface area contributed by atoms with E-state index in [1.54, 1.807) is 13.0 Å². The van der Waals surface area contributed by atoms with E-state index in [-0.39, 0.29) is 29.9 Å². The summed E-state index contributed by atoms with van der Waals surface area (Å²) >= 11 is 0. The lowest BCUT2D eigenvalue weighted by Gasteiger charge is -2.41. The summed E-state index contributed by atoms with van der Waals surface area (Å²) in [6, 6.07) is 14.7. The van der Waals surface area contributed by atoms with E-state index in [1.165, 1.54) is 43.0 Å². The first-order valence-corrected chi connectivity index (χ1v) is 16.2. The normalized spacial score (nSPS) is 18.4. The average Bonchev–Trinajstić information content (AvgIpc) is 3.57. The smallest absolute Gasteiger partial charge is 0.416 e. The van der Waals surface area contributed by atoms with Gasteiger partial charge < -0.3 is 25.6 Å². The molecule has 12 heteroatoms. The van der Waals surface area contributed by atoms with E-state index >= 15 is 4.39 Å². The number of alkyl halides is 3. The van der Waals surface area contributed by atoms with Crippen molar-refractivity contribution in [3.63, 3.8) is 0 Å². The highest BCUT2D eigenvalue weighted by atomic mass is 19.4. The van der Waals surface area contributed by atoms with Crippen molar-refractivity contribution in [1.29, 1.82) is 0 Å². The number of nitrogens with zero attached hydrogens (tertiary/aromatic N) is 1. The van der Waals surface area contributed by atoms with Crippen molar-refractivity contribution in [2.75, 3.05) is 30.8 Å². The standard InChI is InChI=1S/C36H40F4N4O4/c1-22-7-5-11-30(37)32(22)35(47)44-18-6-10-28(33(44)23-12-15-26(16-13-23)42-25-8-3-4-9-25)34(46)43-27-17-14-24(21-48-31(45)20-41-2)29(19-27)36(38,39)40/h5,7,11-17,19,25,28,33,41-42H,3-4,6,8-10,18,20-21H2,1-2H3,(H,43,46)/t28-,33-/m0/s1. The monoisotopic (exact) mass is 668 g/mol. The summed E-state index contributed by atoms with van der Waals surface area (Å²) < 4.78 is 62.2. The number of likely N-dealkylation sites (tertiary alicyclic amines) is 1. The first-order chi connectivity index (χ1) is 23.0. The highest BCUT2D eigenvalue weighted by molar-refractivity contribution is 5.98. The minimum atomic E-state index is -4.78. The van der Waals surface area contributed by atoms with Crippen LogP contribution in [0.25, 0.3) is 0 Å². The van der Waals surface area contributed by atoms with Crippen LogP contribution in [0.3, 0.4) is 0 Å². The summed E-state index contributed by atoms with van der Waals surface area (Å²) in [7, 11) is 1.51. The fourth-order valence-electron chi connectivity index (χ4n) is 6.67. The molecule has 1 aliphatic carbocycles. The van der Waals surface area contributed by atoms with Gasteiger partial charge in [0.2, 0.25) is 5.91 Å². The number of halogens is 4. The number of aryl methyl sites for hydroxylation is 1. The molecule has 0 unspecified atom stereocenters. The van der Waals surface area contributed by atoms with Gasteiger partial charge in [-0.05, 0) is 81.1 Å².